The maximum Gasteiger partial charge on any atom is 0.226 e. The number of ether oxygens (including phenoxy) is 1. The van der Waals surface area contributed by atoms with E-state index in [9.17, 15) is 4.79 Å². The van der Waals surface area contributed by atoms with E-state index < -0.39 is 0 Å². The minimum Gasteiger partial charge on any atom is -0.380 e. The van der Waals surface area contributed by atoms with Gasteiger partial charge in [0, 0.05) is 32.8 Å². The summed E-state index contributed by atoms with van der Waals surface area (Å²) in [7, 11) is 3.63. The number of carbonyl (C=O) groups is 1. The van der Waals surface area contributed by atoms with Gasteiger partial charge >= 0.3 is 0 Å². The Morgan fingerprint density at radius 3 is 2.86 bits per heavy atom. The average Bonchev–Trinajstić information content (AvgIpc) is 2.55. The molecule has 2 rings (SSSR count). The van der Waals surface area contributed by atoms with Crippen LogP contribution < -0.4 is 4.90 Å². The first-order valence-corrected chi connectivity index (χ1v) is 7.77. The van der Waals surface area contributed by atoms with E-state index in [-0.39, 0.29) is 5.91 Å². The molecular weight excluding hydrogens is 264 g/mol. The van der Waals surface area contributed by atoms with Gasteiger partial charge in [0.15, 0.2) is 0 Å². The van der Waals surface area contributed by atoms with Crippen LogP contribution in [0.4, 0.5) is 5.69 Å². The number of para-hydroxylation sites is 1. The number of nitrogens with zero attached hydrogens (tertiary/aromatic N) is 2. The van der Waals surface area contributed by atoms with E-state index in [0.29, 0.717) is 12.5 Å². The van der Waals surface area contributed by atoms with Gasteiger partial charge in [-0.1, -0.05) is 18.2 Å². The third-order valence-electron chi connectivity index (χ3n) is 4.18. The quantitative estimate of drug-likeness (QED) is 0.807. The molecule has 4 heteroatoms. The zero-order chi connectivity index (χ0) is 15.1. The molecule has 116 valence electrons. The van der Waals surface area contributed by atoms with Crippen molar-refractivity contribution in [1.29, 1.82) is 0 Å². The molecule has 1 amide bonds. The molecule has 1 unspecified atom stereocenters. The first-order valence-electron chi connectivity index (χ1n) is 7.77. The van der Waals surface area contributed by atoms with Crippen LogP contribution in [-0.4, -0.2) is 50.7 Å². The van der Waals surface area contributed by atoms with Gasteiger partial charge in [-0.3, -0.25) is 4.79 Å². The van der Waals surface area contributed by atoms with Gasteiger partial charge in [-0.15, -0.1) is 0 Å². The zero-order valence-corrected chi connectivity index (χ0v) is 13.1. The molecule has 0 aromatic heterocycles. The maximum absolute atomic E-state index is 12.2. The van der Waals surface area contributed by atoms with Gasteiger partial charge in [-0.05, 0) is 44.5 Å². The summed E-state index contributed by atoms with van der Waals surface area (Å²) in [5.74, 6) is 0.182. The van der Waals surface area contributed by atoms with Crippen molar-refractivity contribution in [3.8, 4) is 0 Å². The normalized spacial score (nSPS) is 19.4. The van der Waals surface area contributed by atoms with Gasteiger partial charge in [0.05, 0.1) is 6.10 Å². The van der Waals surface area contributed by atoms with Crippen LogP contribution in [-0.2, 0) is 9.53 Å². The molecule has 1 saturated heterocycles. The van der Waals surface area contributed by atoms with Crippen molar-refractivity contribution in [1.82, 2.24) is 4.90 Å². The van der Waals surface area contributed by atoms with Crippen LogP contribution in [0.15, 0.2) is 30.3 Å². The molecule has 0 N–H and O–H groups in total. The summed E-state index contributed by atoms with van der Waals surface area (Å²) in [6.45, 7) is 3.11. The highest BCUT2D eigenvalue weighted by Crippen LogP contribution is 2.15. The highest BCUT2D eigenvalue weighted by Gasteiger charge is 2.19. The predicted molar refractivity (Wildman–Crippen MR) is 85.6 cm³/mol. The second kappa shape index (κ2) is 8.15. The summed E-state index contributed by atoms with van der Waals surface area (Å²) in [5, 5.41) is 0. The fourth-order valence-electron chi connectivity index (χ4n) is 2.83. The zero-order valence-electron chi connectivity index (χ0n) is 13.1. The number of likely N-dealkylation sites (tertiary alicyclic amines) is 1. The summed E-state index contributed by atoms with van der Waals surface area (Å²) in [6, 6.07) is 9.80. The summed E-state index contributed by atoms with van der Waals surface area (Å²) in [6.07, 6.45) is 4.21. The molecule has 21 heavy (non-hydrogen) atoms. The monoisotopic (exact) mass is 290 g/mol. The number of hydrogen-bond acceptors (Lipinski definition) is 3. The molecule has 0 bridgehead atoms. The fraction of sp³-hybridized carbons (Fsp3) is 0.588. The SMILES string of the molecule is COC1CCCN(CCCC(=O)N(C)c2ccccc2)C1. The minimum atomic E-state index is 0.182. The lowest BCUT2D eigenvalue weighted by Crippen LogP contribution is -2.40. The van der Waals surface area contributed by atoms with E-state index in [1.165, 1.54) is 6.42 Å². The van der Waals surface area contributed by atoms with Crippen molar-refractivity contribution in [2.24, 2.45) is 0 Å². The lowest BCUT2D eigenvalue weighted by molar-refractivity contribution is -0.118. The van der Waals surface area contributed by atoms with Crippen molar-refractivity contribution >= 4 is 11.6 Å². The number of hydrogen-bond donors (Lipinski definition) is 0. The van der Waals surface area contributed by atoms with Crippen LogP contribution in [0.3, 0.4) is 0 Å². The Bertz CT molecular complexity index is 436. The molecule has 4 nitrogen and oxygen atoms in total. The minimum absolute atomic E-state index is 0.182. The number of anilines is 1. The molecule has 1 aliphatic rings. The Morgan fingerprint density at radius 1 is 1.38 bits per heavy atom. The van der Waals surface area contributed by atoms with Gasteiger partial charge in [0.25, 0.3) is 0 Å². The van der Waals surface area contributed by atoms with Crippen LogP contribution in [0.2, 0.25) is 0 Å². The molecule has 0 radical (unpaired) electrons. The second-order valence-corrected chi connectivity index (χ2v) is 5.69. The van der Waals surface area contributed by atoms with E-state index in [1.807, 2.05) is 37.4 Å². The lowest BCUT2D eigenvalue weighted by Gasteiger charge is -2.31. The summed E-state index contributed by atoms with van der Waals surface area (Å²) < 4.78 is 5.43. The first-order chi connectivity index (χ1) is 10.2. The summed E-state index contributed by atoms with van der Waals surface area (Å²) in [5.41, 5.74) is 0.958. The van der Waals surface area contributed by atoms with E-state index in [0.717, 1.165) is 38.2 Å². The molecule has 0 saturated carbocycles. The predicted octanol–water partition coefficient (Wildman–Crippen LogP) is 2.54. The van der Waals surface area contributed by atoms with E-state index in [1.54, 1.807) is 12.0 Å². The molecule has 1 atom stereocenters. The number of methoxy groups -OCH3 is 1. The number of amides is 1. The fourth-order valence-corrected chi connectivity index (χ4v) is 2.83. The van der Waals surface area contributed by atoms with E-state index in [2.05, 4.69) is 4.90 Å². The molecule has 1 aliphatic heterocycles. The van der Waals surface area contributed by atoms with E-state index in [4.69, 9.17) is 4.74 Å². The number of benzene rings is 1. The molecule has 1 fully saturated rings. The van der Waals surface area contributed by atoms with Crippen LogP contribution in [0, 0.1) is 0 Å². The summed E-state index contributed by atoms with van der Waals surface area (Å²) in [4.78, 5) is 16.3. The van der Waals surface area contributed by atoms with Crippen LogP contribution in [0.1, 0.15) is 25.7 Å². The molecule has 1 heterocycles. The van der Waals surface area contributed by atoms with Crippen molar-refractivity contribution in [2.45, 2.75) is 31.8 Å². The maximum atomic E-state index is 12.2. The number of rotatable bonds is 6. The molecule has 0 spiro atoms. The third kappa shape index (κ3) is 4.83. The van der Waals surface area contributed by atoms with Gasteiger partial charge in [-0.2, -0.15) is 0 Å². The topological polar surface area (TPSA) is 32.8 Å². The van der Waals surface area contributed by atoms with Gasteiger partial charge in [0.2, 0.25) is 5.91 Å². The van der Waals surface area contributed by atoms with Crippen LogP contribution in [0.5, 0.6) is 0 Å². The Hall–Kier alpha value is -1.39. The van der Waals surface area contributed by atoms with Gasteiger partial charge in [0.1, 0.15) is 0 Å². The largest absolute Gasteiger partial charge is 0.380 e. The average molecular weight is 290 g/mol. The molecule has 0 aliphatic carbocycles. The van der Waals surface area contributed by atoms with Crippen molar-refractivity contribution in [2.75, 3.05) is 38.7 Å². The highest BCUT2D eigenvalue weighted by atomic mass is 16.5. The number of piperidine rings is 1. The van der Waals surface area contributed by atoms with Crippen molar-refractivity contribution in [3.63, 3.8) is 0 Å². The smallest absolute Gasteiger partial charge is 0.226 e. The molecule has 1 aromatic carbocycles. The second-order valence-electron chi connectivity index (χ2n) is 5.69. The Kier molecular flexibility index (Phi) is 6.21. The van der Waals surface area contributed by atoms with Gasteiger partial charge < -0.3 is 14.5 Å². The van der Waals surface area contributed by atoms with Crippen LogP contribution >= 0.6 is 0 Å². The standard InChI is InChI=1S/C17H26N2O2/c1-18(15-8-4-3-5-9-15)17(20)11-7-13-19-12-6-10-16(14-19)21-2/h3-5,8-9,16H,6-7,10-14H2,1-2H3. The van der Waals surface area contributed by atoms with Crippen molar-refractivity contribution in [3.05, 3.63) is 30.3 Å². The Balaban J connectivity index is 1.72. The Morgan fingerprint density at radius 2 is 2.14 bits per heavy atom. The lowest BCUT2D eigenvalue weighted by atomic mass is 10.1. The van der Waals surface area contributed by atoms with Crippen molar-refractivity contribution < 1.29 is 9.53 Å². The van der Waals surface area contributed by atoms with Crippen LogP contribution in [0.25, 0.3) is 0 Å². The molecular formula is C17H26N2O2. The summed E-state index contributed by atoms with van der Waals surface area (Å²) >= 11 is 0. The number of carbonyl (C=O) groups excluding carboxylic acids is 1. The first kappa shape index (κ1) is 16.0. The van der Waals surface area contributed by atoms with E-state index >= 15 is 0 Å². The van der Waals surface area contributed by atoms with Gasteiger partial charge in [-0.25, -0.2) is 0 Å². The molecule has 1 aromatic rings. The highest BCUT2D eigenvalue weighted by molar-refractivity contribution is 5.92. The third-order valence-corrected chi connectivity index (χ3v) is 4.18. The Labute approximate surface area is 127 Å².